The van der Waals surface area contributed by atoms with Crippen molar-refractivity contribution in [3.63, 3.8) is 0 Å². The number of aliphatic carboxylic acids is 1. The number of nitrogens with zero attached hydrogens (tertiary/aromatic N) is 1. The maximum Gasteiger partial charge on any atom is 0.361 e. The summed E-state index contributed by atoms with van der Waals surface area (Å²) in [4.78, 5) is 22.4. The normalized spacial score (nSPS) is 20.7. The SMILES string of the molecule is CCOC(=O)C[N+]1(C)CCCC1.O=C([O-])[C@](O)(c1ccccc1)C1CCCC1. The van der Waals surface area contributed by atoms with Gasteiger partial charge in [0.1, 0.15) is 5.60 Å². The van der Waals surface area contributed by atoms with E-state index in [0.29, 0.717) is 18.7 Å². The maximum atomic E-state index is 11.2. The third-order valence-corrected chi connectivity index (χ3v) is 5.93. The van der Waals surface area contributed by atoms with Crippen LogP contribution < -0.4 is 5.11 Å². The number of likely N-dealkylation sites (N-methyl/N-ethyl adjacent to an activating group) is 1. The van der Waals surface area contributed by atoms with Crippen molar-refractivity contribution in [1.82, 2.24) is 0 Å². The highest BCUT2D eigenvalue weighted by atomic mass is 16.5. The fourth-order valence-corrected chi connectivity index (χ4v) is 4.33. The van der Waals surface area contributed by atoms with Gasteiger partial charge in [0, 0.05) is 12.8 Å². The molecule has 1 aliphatic heterocycles. The van der Waals surface area contributed by atoms with Crippen LogP contribution in [-0.2, 0) is 19.9 Å². The van der Waals surface area contributed by atoms with Crippen LogP contribution in [0.4, 0.5) is 0 Å². The molecule has 1 N–H and O–H groups in total. The third-order valence-electron chi connectivity index (χ3n) is 5.93. The second-order valence-corrected chi connectivity index (χ2v) is 8.14. The second-order valence-electron chi connectivity index (χ2n) is 8.14. The number of aliphatic hydroxyl groups is 1. The molecule has 0 amide bonds. The van der Waals surface area contributed by atoms with Gasteiger partial charge in [0.15, 0.2) is 6.54 Å². The molecular weight excluding hydrogens is 358 g/mol. The Labute approximate surface area is 167 Å². The number of hydrogen-bond donors (Lipinski definition) is 1. The minimum atomic E-state index is -1.82. The Kier molecular flexibility index (Phi) is 8.01. The summed E-state index contributed by atoms with van der Waals surface area (Å²) in [5, 5.41) is 21.6. The van der Waals surface area contributed by atoms with E-state index >= 15 is 0 Å². The van der Waals surface area contributed by atoms with E-state index in [4.69, 9.17) is 4.74 Å². The van der Waals surface area contributed by atoms with E-state index in [2.05, 4.69) is 7.05 Å². The first-order chi connectivity index (χ1) is 13.3. The predicted molar refractivity (Wildman–Crippen MR) is 104 cm³/mol. The van der Waals surface area contributed by atoms with Gasteiger partial charge in [-0.1, -0.05) is 43.2 Å². The van der Waals surface area contributed by atoms with Crippen LogP contribution in [0.1, 0.15) is 51.0 Å². The molecule has 28 heavy (non-hydrogen) atoms. The lowest BCUT2D eigenvalue weighted by atomic mass is 9.80. The Balaban J connectivity index is 0.000000209. The average molecular weight is 392 g/mol. The lowest BCUT2D eigenvalue weighted by Crippen LogP contribution is -2.50. The number of carboxylic acid groups (broad SMARTS) is 1. The summed E-state index contributed by atoms with van der Waals surface area (Å²) < 4.78 is 5.79. The monoisotopic (exact) mass is 391 g/mol. The quantitative estimate of drug-likeness (QED) is 0.588. The molecule has 2 aliphatic rings. The number of benzene rings is 1. The van der Waals surface area contributed by atoms with E-state index in [-0.39, 0.29) is 11.9 Å². The predicted octanol–water partition coefficient (Wildman–Crippen LogP) is 1.60. The third kappa shape index (κ3) is 5.55. The number of carbonyl (C=O) groups excluding carboxylic acids is 2. The fourth-order valence-electron chi connectivity index (χ4n) is 4.33. The van der Waals surface area contributed by atoms with Gasteiger partial charge in [0.2, 0.25) is 0 Å². The van der Waals surface area contributed by atoms with Crippen LogP contribution >= 0.6 is 0 Å². The standard InChI is InChI=1S/C13H16O3.C9H18NO2/c14-12(15)13(16,11-8-4-5-9-11)10-6-2-1-3-7-10;1-3-12-9(11)8-10(2)6-4-5-7-10/h1-3,6-7,11,16H,4-5,8-9H2,(H,14,15);3-8H2,1-2H3/q;+1/p-1/t13-;/m0./s1. The highest BCUT2D eigenvalue weighted by Crippen LogP contribution is 2.40. The highest BCUT2D eigenvalue weighted by molar-refractivity contribution is 5.77. The molecule has 1 atom stereocenters. The van der Waals surface area contributed by atoms with E-state index in [9.17, 15) is 19.8 Å². The van der Waals surface area contributed by atoms with Gasteiger partial charge in [-0.2, -0.15) is 0 Å². The molecule has 156 valence electrons. The van der Waals surface area contributed by atoms with Crippen molar-refractivity contribution >= 4 is 11.9 Å². The second kappa shape index (κ2) is 10.0. The summed E-state index contributed by atoms with van der Waals surface area (Å²) in [5.41, 5.74) is -1.39. The van der Waals surface area contributed by atoms with Crippen LogP contribution in [0.5, 0.6) is 0 Å². The molecule has 3 rings (SSSR count). The van der Waals surface area contributed by atoms with E-state index < -0.39 is 11.6 Å². The van der Waals surface area contributed by atoms with Gasteiger partial charge in [-0.15, -0.1) is 0 Å². The Morgan fingerprint density at radius 3 is 2.21 bits per heavy atom. The number of rotatable bonds is 6. The molecule has 6 heteroatoms. The maximum absolute atomic E-state index is 11.2. The summed E-state index contributed by atoms with van der Waals surface area (Å²) in [5.74, 6) is -1.66. The first-order valence-electron chi connectivity index (χ1n) is 10.3. The van der Waals surface area contributed by atoms with Gasteiger partial charge in [-0.3, -0.25) is 0 Å². The van der Waals surface area contributed by atoms with E-state index in [1.54, 1.807) is 30.3 Å². The molecule has 0 aromatic heterocycles. The zero-order valence-electron chi connectivity index (χ0n) is 17.1. The molecule has 0 spiro atoms. The number of quaternary nitrogens is 1. The van der Waals surface area contributed by atoms with E-state index in [1.807, 2.05) is 6.92 Å². The summed E-state index contributed by atoms with van der Waals surface area (Å²) in [6.07, 6.45) is 5.95. The van der Waals surface area contributed by atoms with Gasteiger partial charge < -0.3 is 24.2 Å². The summed E-state index contributed by atoms with van der Waals surface area (Å²) in [7, 11) is 2.13. The zero-order chi connectivity index (χ0) is 20.6. The smallest absolute Gasteiger partial charge is 0.361 e. The van der Waals surface area contributed by atoms with Crippen molar-refractivity contribution in [2.24, 2.45) is 5.92 Å². The molecule has 2 fully saturated rings. The number of carboxylic acids is 1. The molecule has 1 saturated heterocycles. The molecule has 0 bridgehead atoms. The highest BCUT2D eigenvalue weighted by Gasteiger charge is 2.41. The summed E-state index contributed by atoms with van der Waals surface area (Å²) >= 11 is 0. The van der Waals surface area contributed by atoms with Gasteiger partial charge in [0.05, 0.1) is 32.7 Å². The number of esters is 1. The summed E-state index contributed by atoms with van der Waals surface area (Å²) in [6, 6.07) is 8.56. The molecular formula is C22H33NO5. The largest absolute Gasteiger partial charge is 0.547 e. The van der Waals surface area contributed by atoms with E-state index in [0.717, 1.165) is 43.3 Å². The van der Waals surface area contributed by atoms with Crippen molar-refractivity contribution in [3.8, 4) is 0 Å². The Hall–Kier alpha value is -1.92. The Morgan fingerprint density at radius 1 is 1.14 bits per heavy atom. The minimum Gasteiger partial charge on any atom is -0.547 e. The zero-order valence-corrected chi connectivity index (χ0v) is 17.1. The topological polar surface area (TPSA) is 86.7 Å². The van der Waals surface area contributed by atoms with Crippen molar-refractivity contribution in [3.05, 3.63) is 35.9 Å². The Morgan fingerprint density at radius 2 is 1.71 bits per heavy atom. The number of carbonyl (C=O) groups is 2. The fraction of sp³-hybridized carbons (Fsp3) is 0.636. The molecule has 6 nitrogen and oxygen atoms in total. The molecule has 0 radical (unpaired) electrons. The van der Waals surface area contributed by atoms with Gasteiger partial charge in [-0.25, -0.2) is 4.79 Å². The molecule has 1 aromatic rings. The Bertz CT molecular complexity index is 636. The van der Waals surface area contributed by atoms with Crippen molar-refractivity contribution in [2.75, 3.05) is 33.3 Å². The van der Waals surface area contributed by atoms with Crippen LogP contribution in [0.15, 0.2) is 30.3 Å². The molecule has 1 aliphatic carbocycles. The number of ether oxygens (including phenoxy) is 1. The van der Waals surface area contributed by atoms with Gasteiger partial charge in [-0.05, 0) is 31.2 Å². The molecule has 1 saturated carbocycles. The van der Waals surface area contributed by atoms with Crippen LogP contribution in [-0.4, -0.2) is 54.8 Å². The first kappa shape index (κ1) is 22.4. The van der Waals surface area contributed by atoms with Crippen molar-refractivity contribution in [2.45, 2.75) is 51.0 Å². The molecule has 1 heterocycles. The van der Waals surface area contributed by atoms with Crippen LogP contribution in [0, 0.1) is 5.92 Å². The number of likely N-dealkylation sites (tertiary alicyclic amines) is 1. The van der Waals surface area contributed by atoms with Crippen LogP contribution in [0.2, 0.25) is 0 Å². The molecule has 0 unspecified atom stereocenters. The average Bonchev–Trinajstić information content (AvgIpc) is 3.34. The first-order valence-corrected chi connectivity index (χ1v) is 10.3. The van der Waals surface area contributed by atoms with Crippen LogP contribution in [0.25, 0.3) is 0 Å². The number of hydrogen-bond acceptors (Lipinski definition) is 5. The van der Waals surface area contributed by atoms with E-state index in [1.165, 1.54) is 12.8 Å². The van der Waals surface area contributed by atoms with Crippen molar-refractivity contribution < 1.29 is 29.0 Å². The molecule has 1 aromatic carbocycles. The van der Waals surface area contributed by atoms with Gasteiger partial charge >= 0.3 is 5.97 Å². The van der Waals surface area contributed by atoms with Crippen LogP contribution in [0.3, 0.4) is 0 Å². The van der Waals surface area contributed by atoms with Gasteiger partial charge in [0.25, 0.3) is 0 Å². The minimum absolute atomic E-state index is 0.0538. The lowest BCUT2D eigenvalue weighted by molar-refractivity contribution is -0.890. The summed E-state index contributed by atoms with van der Waals surface area (Å²) in [6.45, 7) is 5.15. The lowest BCUT2D eigenvalue weighted by Gasteiger charge is -2.35. The van der Waals surface area contributed by atoms with Crippen molar-refractivity contribution in [1.29, 1.82) is 0 Å².